The number of nitriles is 1. The minimum absolute atomic E-state index is 0.240. The molecule has 1 saturated heterocycles. The summed E-state index contributed by atoms with van der Waals surface area (Å²) in [6, 6.07) is 9.73. The zero-order valence-corrected chi connectivity index (χ0v) is 10.0. The van der Waals surface area contributed by atoms with Crippen molar-refractivity contribution in [3.63, 3.8) is 0 Å². The van der Waals surface area contributed by atoms with Gasteiger partial charge in [0.15, 0.2) is 0 Å². The molecule has 1 aliphatic rings. The lowest BCUT2D eigenvalue weighted by Crippen LogP contribution is -2.44. The summed E-state index contributed by atoms with van der Waals surface area (Å²) in [5.74, 6) is 0. The van der Waals surface area contributed by atoms with Gasteiger partial charge in [0.1, 0.15) is 0 Å². The summed E-state index contributed by atoms with van der Waals surface area (Å²) in [5.41, 5.74) is 1.80. The van der Waals surface area contributed by atoms with E-state index in [4.69, 9.17) is 10.00 Å². The number of nitrogens with one attached hydrogen (secondary N) is 1. The Labute approximate surface area is 102 Å². The Hall–Kier alpha value is -1.57. The van der Waals surface area contributed by atoms with E-state index < -0.39 is 0 Å². The number of hydrogen-bond acceptors (Lipinski definition) is 4. The van der Waals surface area contributed by atoms with E-state index in [9.17, 15) is 0 Å². The average Bonchev–Trinajstić information content (AvgIpc) is 2.40. The van der Waals surface area contributed by atoms with Gasteiger partial charge in [0.05, 0.1) is 24.3 Å². The molecule has 1 N–H and O–H groups in total. The predicted octanol–water partition coefficient (Wildman–Crippen LogP) is 0.983. The van der Waals surface area contributed by atoms with Crippen LogP contribution in [0.25, 0.3) is 0 Å². The fraction of sp³-hybridized carbons (Fsp3) is 0.462. The topological polar surface area (TPSA) is 48.3 Å². The Morgan fingerprint density at radius 2 is 2.24 bits per heavy atom. The molecule has 0 amide bonds. The van der Waals surface area contributed by atoms with Crippen molar-refractivity contribution in [3.05, 3.63) is 29.8 Å². The molecular weight excluding hydrogens is 214 g/mol. The molecule has 4 heteroatoms. The molecule has 1 aromatic rings. The van der Waals surface area contributed by atoms with Crippen LogP contribution in [0.3, 0.4) is 0 Å². The van der Waals surface area contributed by atoms with Crippen molar-refractivity contribution >= 4 is 5.69 Å². The Morgan fingerprint density at radius 1 is 1.47 bits per heavy atom. The molecule has 4 nitrogen and oxygen atoms in total. The van der Waals surface area contributed by atoms with E-state index in [0.717, 1.165) is 31.9 Å². The Bertz CT molecular complexity index is 390. The molecule has 0 spiro atoms. The first kappa shape index (κ1) is 11.9. The van der Waals surface area contributed by atoms with E-state index in [1.807, 2.05) is 31.3 Å². The van der Waals surface area contributed by atoms with Crippen LogP contribution in [0.4, 0.5) is 5.69 Å². The lowest BCUT2D eigenvalue weighted by atomic mass is 10.2. The molecule has 0 bridgehead atoms. The molecule has 1 aliphatic heterocycles. The van der Waals surface area contributed by atoms with E-state index in [2.05, 4.69) is 16.3 Å². The molecule has 1 heterocycles. The van der Waals surface area contributed by atoms with Crippen LogP contribution in [-0.4, -0.2) is 39.4 Å². The number of likely N-dealkylation sites (N-methyl/N-ethyl adjacent to an activating group) is 1. The van der Waals surface area contributed by atoms with Gasteiger partial charge in [-0.1, -0.05) is 0 Å². The highest BCUT2D eigenvalue weighted by Gasteiger charge is 2.15. The monoisotopic (exact) mass is 231 g/mol. The minimum Gasteiger partial charge on any atom is -0.374 e. The van der Waals surface area contributed by atoms with Crippen LogP contribution < -0.4 is 10.2 Å². The molecule has 1 aromatic carbocycles. The van der Waals surface area contributed by atoms with Gasteiger partial charge >= 0.3 is 0 Å². The van der Waals surface area contributed by atoms with Gasteiger partial charge in [-0.15, -0.1) is 0 Å². The number of ether oxygens (including phenoxy) is 1. The molecule has 0 aliphatic carbocycles. The lowest BCUT2D eigenvalue weighted by Gasteiger charge is -2.29. The third-order valence-electron chi connectivity index (χ3n) is 2.92. The SMILES string of the molecule is CN(CC1CNCCO1)c1ccc(C#N)cc1. The van der Waals surface area contributed by atoms with E-state index in [1.165, 1.54) is 0 Å². The van der Waals surface area contributed by atoms with Gasteiger partial charge in [-0.3, -0.25) is 0 Å². The van der Waals surface area contributed by atoms with Crippen molar-refractivity contribution in [1.29, 1.82) is 5.26 Å². The van der Waals surface area contributed by atoms with E-state index in [-0.39, 0.29) is 6.10 Å². The second-order valence-electron chi connectivity index (χ2n) is 4.24. The number of morpholine rings is 1. The van der Waals surface area contributed by atoms with Crippen LogP contribution in [-0.2, 0) is 4.74 Å². The van der Waals surface area contributed by atoms with Gasteiger partial charge in [-0.25, -0.2) is 0 Å². The van der Waals surface area contributed by atoms with Crippen LogP contribution in [0, 0.1) is 11.3 Å². The van der Waals surface area contributed by atoms with Crippen molar-refractivity contribution in [1.82, 2.24) is 5.32 Å². The van der Waals surface area contributed by atoms with Gasteiger partial charge < -0.3 is 15.0 Å². The Morgan fingerprint density at radius 3 is 2.82 bits per heavy atom. The van der Waals surface area contributed by atoms with E-state index >= 15 is 0 Å². The molecule has 0 aromatic heterocycles. The average molecular weight is 231 g/mol. The molecular formula is C13H17N3O. The van der Waals surface area contributed by atoms with Crippen LogP contribution in [0.5, 0.6) is 0 Å². The zero-order valence-electron chi connectivity index (χ0n) is 10.0. The molecule has 0 saturated carbocycles. The Kier molecular flexibility index (Phi) is 3.97. The first-order valence-corrected chi connectivity index (χ1v) is 5.83. The first-order chi connectivity index (χ1) is 8.29. The molecule has 1 fully saturated rings. The summed E-state index contributed by atoms with van der Waals surface area (Å²) in [5, 5.41) is 12.1. The summed E-state index contributed by atoms with van der Waals surface area (Å²) in [6.07, 6.45) is 0.240. The van der Waals surface area contributed by atoms with Crippen molar-refractivity contribution in [3.8, 4) is 6.07 Å². The fourth-order valence-corrected chi connectivity index (χ4v) is 1.94. The van der Waals surface area contributed by atoms with Gasteiger partial charge in [0, 0.05) is 32.4 Å². The maximum Gasteiger partial charge on any atom is 0.0991 e. The fourth-order valence-electron chi connectivity index (χ4n) is 1.94. The normalized spacial score (nSPS) is 19.6. The van der Waals surface area contributed by atoms with Gasteiger partial charge in [-0.2, -0.15) is 5.26 Å². The predicted molar refractivity (Wildman–Crippen MR) is 67.0 cm³/mol. The molecule has 0 radical (unpaired) electrons. The third-order valence-corrected chi connectivity index (χ3v) is 2.92. The highest BCUT2D eigenvalue weighted by atomic mass is 16.5. The second kappa shape index (κ2) is 5.67. The number of anilines is 1. The molecule has 1 atom stereocenters. The molecule has 90 valence electrons. The summed E-state index contributed by atoms with van der Waals surface area (Å²) in [6.45, 7) is 3.49. The van der Waals surface area contributed by atoms with E-state index in [0.29, 0.717) is 5.56 Å². The maximum atomic E-state index is 8.74. The van der Waals surface area contributed by atoms with Crippen molar-refractivity contribution in [2.45, 2.75) is 6.10 Å². The van der Waals surface area contributed by atoms with Crippen LogP contribution >= 0.6 is 0 Å². The smallest absolute Gasteiger partial charge is 0.0991 e. The van der Waals surface area contributed by atoms with Crippen LogP contribution in [0.2, 0.25) is 0 Å². The van der Waals surface area contributed by atoms with Crippen molar-refractivity contribution < 1.29 is 4.74 Å². The van der Waals surface area contributed by atoms with Crippen molar-refractivity contribution in [2.75, 3.05) is 38.2 Å². The maximum absolute atomic E-state index is 8.74. The highest BCUT2D eigenvalue weighted by Crippen LogP contribution is 2.14. The number of benzene rings is 1. The quantitative estimate of drug-likeness (QED) is 0.842. The molecule has 17 heavy (non-hydrogen) atoms. The van der Waals surface area contributed by atoms with Gasteiger partial charge in [-0.05, 0) is 24.3 Å². The van der Waals surface area contributed by atoms with Crippen LogP contribution in [0.1, 0.15) is 5.56 Å². The summed E-state index contributed by atoms with van der Waals surface area (Å²) < 4.78 is 5.66. The minimum atomic E-state index is 0.240. The van der Waals surface area contributed by atoms with Crippen molar-refractivity contribution in [2.24, 2.45) is 0 Å². The third kappa shape index (κ3) is 3.19. The molecule has 1 unspecified atom stereocenters. The zero-order chi connectivity index (χ0) is 12.1. The summed E-state index contributed by atoms with van der Waals surface area (Å²) >= 11 is 0. The lowest BCUT2D eigenvalue weighted by molar-refractivity contribution is 0.0340. The molecule has 2 rings (SSSR count). The number of rotatable bonds is 3. The largest absolute Gasteiger partial charge is 0.374 e. The summed E-state index contributed by atoms with van der Waals surface area (Å²) in [7, 11) is 2.04. The highest BCUT2D eigenvalue weighted by molar-refractivity contribution is 5.49. The van der Waals surface area contributed by atoms with Gasteiger partial charge in [0.2, 0.25) is 0 Å². The second-order valence-corrected chi connectivity index (χ2v) is 4.24. The number of nitrogens with zero attached hydrogens (tertiary/aromatic N) is 2. The van der Waals surface area contributed by atoms with Gasteiger partial charge in [0.25, 0.3) is 0 Å². The standard InChI is InChI=1S/C13H17N3O/c1-16(10-13-9-15-6-7-17-13)12-4-2-11(8-14)3-5-12/h2-5,13,15H,6-7,9-10H2,1H3. The summed E-state index contributed by atoms with van der Waals surface area (Å²) in [4.78, 5) is 2.15. The number of hydrogen-bond donors (Lipinski definition) is 1. The van der Waals surface area contributed by atoms with Crippen LogP contribution in [0.15, 0.2) is 24.3 Å². The van der Waals surface area contributed by atoms with E-state index in [1.54, 1.807) is 0 Å². The first-order valence-electron chi connectivity index (χ1n) is 5.83. The Balaban J connectivity index is 1.94.